The van der Waals surface area contributed by atoms with Gasteiger partial charge in [0.15, 0.2) is 11.5 Å². The Bertz CT molecular complexity index is 1070. The van der Waals surface area contributed by atoms with Gasteiger partial charge in [0, 0.05) is 32.2 Å². The Labute approximate surface area is 194 Å². The molecule has 1 saturated heterocycles. The van der Waals surface area contributed by atoms with Gasteiger partial charge in [0.25, 0.3) is 0 Å². The molecule has 1 amide bonds. The number of aromatic nitrogens is 2. The van der Waals surface area contributed by atoms with Crippen molar-refractivity contribution >= 4 is 5.91 Å². The minimum atomic E-state index is 0.0657. The van der Waals surface area contributed by atoms with Crippen molar-refractivity contribution in [3.05, 3.63) is 60.2 Å². The van der Waals surface area contributed by atoms with E-state index in [-0.39, 0.29) is 12.0 Å². The molecule has 1 aliphatic rings. The Morgan fingerprint density at radius 1 is 1.15 bits per heavy atom. The summed E-state index contributed by atoms with van der Waals surface area (Å²) >= 11 is 0. The van der Waals surface area contributed by atoms with E-state index >= 15 is 0 Å². The maximum Gasteiger partial charge on any atom is 0.223 e. The monoisotopic (exact) mass is 449 g/mol. The molecule has 1 fully saturated rings. The second-order valence-corrected chi connectivity index (χ2v) is 8.14. The lowest BCUT2D eigenvalue weighted by molar-refractivity contribution is -0.133. The number of para-hydroxylation sites is 2. The first-order valence-electron chi connectivity index (χ1n) is 11.4. The van der Waals surface area contributed by atoms with Crippen LogP contribution in [0.5, 0.6) is 17.4 Å². The molecule has 4 rings (SSSR count). The van der Waals surface area contributed by atoms with Crippen LogP contribution >= 0.6 is 0 Å². The first-order valence-corrected chi connectivity index (χ1v) is 11.4. The van der Waals surface area contributed by atoms with E-state index in [0.717, 1.165) is 36.3 Å². The number of amides is 1. The molecule has 0 spiro atoms. The van der Waals surface area contributed by atoms with Crippen molar-refractivity contribution in [2.45, 2.75) is 38.8 Å². The zero-order chi connectivity index (χ0) is 23.2. The van der Waals surface area contributed by atoms with Crippen LogP contribution in [-0.4, -0.2) is 47.0 Å². The lowest BCUT2D eigenvalue weighted by Gasteiger charge is -2.25. The Kier molecular flexibility index (Phi) is 7.29. The van der Waals surface area contributed by atoms with Crippen LogP contribution in [0.25, 0.3) is 11.3 Å². The second-order valence-electron chi connectivity index (χ2n) is 8.14. The lowest BCUT2D eigenvalue weighted by Crippen LogP contribution is -2.36. The predicted molar refractivity (Wildman–Crippen MR) is 126 cm³/mol. The van der Waals surface area contributed by atoms with Gasteiger partial charge in [-0.25, -0.2) is 4.68 Å². The highest BCUT2D eigenvalue weighted by Gasteiger charge is 2.27. The number of rotatable bonds is 9. The van der Waals surface area contributed by atoms with Crippen molar-refractivity contribution in [2.75, 3.05) is 20.3 Å². The molecule has 7 nitrogen and oxygen atoms in total. The smallest absolute Gasteiger partial charge is 0.223 e. The fourth-order valence-electron chi connectivity index (χ4n) is 4.16. The Morgan fingerprint density at radius 2 is 1.88 bits per heavy atom. The highest BCUT2D eigenvalue weighted by Crippen LogP contribution is 2.37. The van der Waals surface area contributed by atoms with Crippen LogP contribution in [0.1, 0.15) is 31.7 Å². The van der Waals surface area contributed by atoms with Crippen LogP contribution in [0.15, 0.2) is 54.6 Å². The average Bonchev–Trinajstić information content (AvgIpc) is 3.47. The van der Waals surface area contributed by atoms with Crippen LogP contribution < -0.4 is 9.47 Å². The molecule has 2 aromatic carbocycles. The zero-order valence-electron chi connectivity index (χ0n) is 19.5. The molecule has 0 radical (unpaired) electrons. The maximum absolute atomic E-state index is 12.9. The van der Waals surface area contributed by atoms with Gasteiger partial charge >= 0.3 is 0 Å². The van der Waals surface area contributed by atoms with Gasteiger partial charge in [0.05, 0.1) is 25.3 Å². The van der Waals surface area contributed by atoms with Gasteiger partial charge in [-0.3, -0.25) is 4.79 Å². The normalized spacial score (nSPS) is 15.4. The average molecular weight is 450 g/mol. The van der Waals surface area contributed by atoms with Gasteiger partial charge < -0.3 is 19.1 Å². The van der Waals surface area contributed by atoms with Gasteiger partial charge in [-0.2, -0.15) is 5.10 Å². The van der Waals surface area contributed by atoms with Crippen molar-refractivity contribution in [3.63, 3.8) is 0 Å². The van der Waals surface area contributed by atoms with E-state index in [4.69, 9.17) is 19.3 Å². The Hall–Kier alpha value is -3.32. The van der Waals surface area contributed by atoms with Gasteiger partial charge in [0.1, 0.15) is 5.69 Å². The summed E-state index contributed by atoms with van der Waals surface area (Å²) in [6.45, 7) is 3.58. The van der Waals surface area contributed by atoms with Crippen molar-refractivity contribution in [3.8, 4) is 28.6 Å². The van der Waals surface area contributed by atoms with Gasteiger partial charge in [0.2, 0.25) is 11.8 Å². The number of carbonyl (C=O) groups is 1. The van der Waals surface area contributed by atoms with Gasteiger partial charge in [-0.05, 0) is 25.0 Å². The largest absolute Gasteiger partial charge is 0.493 e. The fourth-order valence-corrected chi connectivity index (χ4v) is 4.16. The SMILES string of the molecule is CCC(=O)N(Cc1c(-c2ccccc2)nn(C)c1Oc1ccccc1OC)CC1CCCO1. The Morgan fingerprint density at radius 3 is 2.55 bits per heavy atom. The fraction of sp³-hybridized carbons (Fsp3) is 0.385. The molecule has 1 atom stereocenters. The number of benzene rings is 2. The van der Waals surface area contributed by atoms with Crippen LogP contribution in [0.3, 0.4) is 0 Å². The molecule has 0 saturated carbocycles. The molecule has 0 N–H and O–H groups in total. The number of hydrogen-bond donors (Lipinski definition) is 0. The third-order valence-corrected chi connectivity index (χ3v) is 5.86. The minimum absolute atomic E-state index is 0.0657. The molecular formula is C26H31N3O4. The highest BCUT2D eigenvalue weighted by atomic mass is 16.5. The van der Waals surface area contributed by atoms with Crippen molar-refractivity contribution in [2.24, 2.45) is 7.05 Å². The van der Waals surface area contributed by atoms with Crippen LogP contribution in [0, 0.1) is 0 Å². The molecule has 1 aromatic heterocycles. The van der Waals surface area contributed by atoms with Gasteiger partial charge in [-0.1, -0.05) is 49.4 Å². The first kappa shape index (κ1) is 22.9. The molecule has 33 heavy (non-hydrogen) atoms. The van der Waals surface area contributed by atoms with E-state index in [2.05, 4.69) is 0 Å². The number of ether oxygens (including phenoxy) is 3. The molecule has 1 unspecified atom stereocenters. The van der Waals surface area contributed by atoms with E-state index in [0.29, 0.717) is 36.9 Å². The first-order chi connectivity index (χ1) is 16.1. The topological polar surface area (TPSA) is 65.8 Å². The summed E-state index contributed by atoms with van der Waals surface area (Å²) in [5.74, 6) is 1.89. The second kappa shape index (κ2) is 10.5. The van der Waals surface area contributed by atoms with E-state index in [1.807, 2.05) is 73.5 Å². The summed E-state index contributed by atoms with van der Waals surface area (Å²) in [6, 6.07) is 17.5. The summed E-state index contributed by atoms with van der Waals surface area (Å²) in [5.41, 5.74) is 2.62. The van der Waals surface area contributed by atoms with E-state index < -0.39 is 0 Å². The third-order valence-electron chi connectivity index (χ3n) is 5.86. The maximum atomic E-state index is 12.9. The van der Waals surface area contributed by atoms with E-state index in [1.54, 1.807) is 11.8 Å². The summed E-state index contributed by atoms with van der Waals surface area (Å²) in [4.78, 5) is 14.8. The summed E-state index contributed by atoms with van der Waals surface area (Å²) < 4.78 is 19.4. The molecular weight excluding hydrogens is 418 g/mol. The molecule has 2 heterocycles. The number of aryl methyl sites for hydroxylation is 1. The Balaban J connectivity index is 1.75. The highest BCUT2D eigenvalue weighted by molar-refractivity contribution is 5.76. The lowest BCUT2D eigenvalue weighted by atomic mass is 10.1. The minimum Gasteiger partial charge on any atom is -0.493 e. The van der Waals surface area contributed by atoms with Crippen molar-refractivity contribution in [1.82, 2.24) is 14.7 Å². The van der Waals surface area contributed by atoms with Crippen molar-refractivity contribution in [1.29, 1.82) is 0 Å². The summed E-state index contributed by atoms with van der Waals surface area (Å²) in [5, 5.41) is 4.78. The predicted octanol–water partition coefficient (Wildman–Crippen LogP) is 4.81. The summed E-state index contributed by atoms with van der Waals surface area (Å²) in [6.07, 6.45) is 2.49. The molecule has 0 aliphatic carbocycles. The van der Waals surface area contributed by atoms with Gasteiger partial charge in [-0.15, -0.1) is 0 Å². The molecule has 3 aromatic rings. The summed E-state index contributed by atoms with van der Waals surface area (Å²) in [7, 11) is 3.47. The molecule has 7 heteroatoms. The number of methoxy groups -OCH3 is 1. The quantitative estimate of drug-likeness (QED) is 0.469. The molecule has 0 bridgehead atoms. The van der Waals surface area contributed by atoms with Crippen LogP contribution in [-0.2, 0) is 23.1 Å². The molecule has 174 valence electrons. The van der Waals surface area contributed by atoms with E-state index in [9.17, 15) is 4.79 Å². The van der Waals surface area contributed by atoms with E-state index in [1.165, 1.54) is 0 Å². The third kappa shape index (κ3) is 5.20. The van der Waals surface area contributed by atoms with Crippen molar-refractivity contribution < 1.29 is 19.0 Å². The number of carbonyl (C=O) groups excluding carboxylic acids is 1. The zero-order valence-corrected chi connectivity index (χ0v) is 19.5. The van der Waals surface area contributed by atoms with Crippen LogP contribution in [0.2, 0.25) is 0 Å². The number of nitrogens with zero attached hydrogens (tertiary/aromatic N) is 3. The number of hydrogen-bond acceptors (Lipinski definition) is 5. The molecule has 1 aliphatic heterocycles. The van der Waals surface area contributed by atoms with Crippen LogP contribution in [0.4, 0.5) is 0 Å². The standard InChI is InChI=1S/C26H31N3O4/c1-4-24(30)29(17-20-13-10-16-32-20)18-21-25(19-11-6-5-7-12-19)27-28(2)26(21)33-23-15-9-8-14-22(23)31-3/h5-9,11-12,14-15,20H,4,10,13,16-18H2,1-3H3.